The van der Waals surface area contributed by atoms with E-state index in [9.17, 15) is 4.79 Å². The molecule has 1 fully saturated rings. The molecule has 1 amide bonds. The summed E-state index contributed by atoms with van der Waals surface area (Å²) in [4.78, 5) is 15.6. The third-order valence-corrected chi connectivity index (χ3v) is 4.49. The molecule has 3 aliphatic rings. The highest BCUT2D eigenvalue weighted by molar-refractivity contribution is 6.06. The summed E-state index contributed by atoms with van der Waals surface area (Å²) >= 11 is 0. The van der Waals surface area contributed by atoms with Gasteiger partial charge in [-0.15, -0.1) is 6.58 Å². The highest BCUT2D eigenvalue weighted by Gasteiger charge is 2.51. The van der Waals surface area contributed by atoms with Gasteiger partial charge in [0.05, 0.1) is 0 Å². The number of amides is 1. The third-order valence-electron chi connectivity index (χ3n) is 4.49. The van der Waals surface area contributed by atoms with Gasteiger partial charge in [-0.1, -0.05) is 23.8 Å². The van der Waals surface area contributed by atoms with E-state index in [1.165, 1.54) is 5.57 Å². The first-order chi connectivity index (χ1) is 8.54. The smallest absolute Gasteiger partial charge is 0.269 e. The van der Waals surface area contributed by atoms with Crippen molar-refractivity contribution in [2.45, 2.75) is 25.3 Å². The summed E-state index contributed by atoms with van der Waals surface area (Å²) in [6, 6.07) is 0. The molecule has 4 atom stereocenters. The second kappa shape index (κ2) is 3.75. The van der Waals surface area contributed by atoms with E-state index in [0.29, 0.717) is 5.92 Å². The zero-order chi connectivity index (χ0) is 12.9. The molecule has 3 heteroatoms. The van der Waals surface area contributed by atoms with Crippen LogP contribution in [0.2, 0.25) is 0 Å². The van der Waals surface area contributed by atoms with Crippen LogP contribution in [0.15, 0.2) is 41.4 Å². The standard InChI is InChI=1S/C15H18N2O/c1-3-11-10-6-9(2)8-15(11,16)12-4-5-14(18)17-13(12)7-10/h3-6,10-12H,1,7-8,16H2,2H3/t10-,11+,12?,15+/m0/s1. The number of fused-ring (bicyclic) bond motifs is 4. The zero-order valence-corrected chi connectivity index (χ0v) is 10.6. The molecule has 3 rings (SSSR count). The van der Waals surface area contributed by atoms with Crippen molar-refractivity contribution in [3.05, 3.63) is 36.5 Å². The molecule has 1 aliphatic heterocycles. The predicted molar refractivity (Wildman–Crippen MR) is 72.2 cm³/mol. The van der Waals surface area contributed by atoms with Crippen molar-refractivity contribution in [1.82, 2.24) is 0 Å². The van der Waals surface area contributed by atoms with Gasteiger partial charge in [-0.2, -0.15) is 0 Å². The maximum atomic E-state index is 11.4. The van der Waals surface area contributed by atoms with Crippen LogP contribution in [-0.4, -0.2) is 17.2 Å². The number of allylic oxidation sites excluding steroid dienone is 1. The van der Waals surface area contributed by atoms with Gasteiger partial charge in [0.15, 0.2) is 0 Å². The Kier molecular flexibility index (Phi) is 2.42. The molecule has 0 aromatic carbocycles. The molecule has 1 heterocycles. The number of dihydropyridines is 1. The van der Waals surface area contributed by atoms with E-state index >= 15 is 0 Å². The van der Waals surface area contributed by atoms with Crippen LogP contribution >= 0.6 is 0 Å². The molecule has 1 unspecified atom stereocenters. The fraction of sp³-hybridized carbons (Fsp3) is 0.467. The summed E-state index contributed by atoms with van der Waals surface area (Å²) in [5.74, 6) is 0.539. The van der Waals surface area contributed by atoms with E-state index < -0.39 is 0 Å². The molecule has 0 saturated heterocycles. The van der Waals surface area contributed by atoms with Crippen LogP contribution in [0.25, 0.3) is 0 Å². The Morgan fingerprint density at radius 3 is 3.11 bits per heavy atom. The van der Waals surface area contributed by atoms with Gasteiger partial charge in [0, 0.05) is 29.2 Å². The second-order valence-corrected chi connectivity index (χ2v) is 5.71. The third kappa shape index (κ3) is 1.47. The number of carbonyl (C=O) groups is 1. The molecule has 2 N–H and O–H groups in total. The molecule has 94 valence electrons. The molecule has 2 aliphatic carbocycles. The van der Waals surface area contributed by atoms with Crippen LogP contribution in [0.4, 0.5) is 0 Å². The Balaban J connectivity index is 2.12. The Labute approximate surface area is 107 Å². The fourth-order valence-electron chi connectivity index (χ4n) is 3.87. The van der Waals surface area contributed by atoms with Crippen molar-refractivity contribution in [2.24, 2.45) is 28.5 Å². The lowest BCUT2D eigenvalue weighted by atomic mass is 9.55. The normalized spacial score (nSPS) is 41.9. The van der Waals surface area contributed by atoms with E-state index in [2.05, 4.69) is 24.6 Å². The molecule has 0 aromatic rings. The van der Waals surface area contributed by atoms with Gasteiger partial charge in [0.1, 0.15) is 0 Å². The van der Waals surface area contributed by atoms with Crippen molar-refractivity contribution in [2.75, 3.05) is 0 Å². The minimum absolute atomic E-state index is 0.0816. The maximum Gasteiger partial charge on any atom is 0.269 e. The fourth-order valence-corrected chi connectivity index (χ4v) is 3.87. The minimum Gasteiger partial charge on any atom is -0.323 e. The minimum atomic E-state index is -0.362. The number of nitrogens with two attached hydrogens (primary N) is 1. The molecule has 1 saturated carbocycles. The van der Waals surface area contributed by atoms with E-state index in [1.54, 1.807) is 6.08 Å². The molecular weight excluding hydrogens is 224 g/mol. The highest BCUT2D eigenvalue weighted by Crippen LogP contribution is 2.48. The van der Waals surface area contributed by atoms with Crippen LogP contribution < -0.4 is 5.73 Å². The van der Waals surface area contributed by atoms with Crippen molar-refractivity contribution in [1.29, 1.82) is 0 Å². The number of carbonyl (C=O) groups excluding carboxylic acids is 1. The predicted octanol–water partition coefficient (Wildman–Crippen LogP) is 2.01. The van der Waals surface area contributed by atoms with E-state index in [1.807, 2.05) is 12.2 Å². The average Bonchev–Trinajstić information content (AvgIpc) is 2.26. The summed E-state index contributed by atoms with van der Waals surface area (Å²) in [6.45, 7) is 6.08. The molecule has 3 nitrogen and oxygen atoms in total. The van der Waals surface area contributed by atoms with Crippen molar-refractivity contribution in [3.8, 4) is 0 Å². The van der Waals surface area contributed by atoms with Gasteiger partial charge < -0.3 is 5.73 Å². The SMILES string of the molecule is C=C[C@@H]1[C@H]2C=C(C)C[C@]1(N)C1C=CC(=O)N=C1C2. The molecule has 0 spiro atoms. The molecular formula is C15H18N2O. The first kappa shape index (κ1) is 11.6. The van der Waals surface area contributed by atoms with Crippen LogP contribution in [0.3, 0.4) is 0 Å². The summed E-state index contributed by atoms with van der Waals surface area (Å²) in [7, 11) is 0. The highest BCUT2D eigenvalue weighted by atomic mass is 16.1. The van der Waals surface area contributed by atoms with Gasteiger partial charge >= 0.3 is 0 Å². The Morgan fingerprint density at radius 1 is 1.61 bits per heavy atom. The van der Waals surface area contributed by atoms with Gasteiger partial charge in [-0.3, -0.25) is 4.79 Å². The lowest BCUT2D eigenvalue weighted by Crippen LogP contribution is -2.62. The number of hydrogen-bond acceptors (Lipinski definition) is 2. The lowest BCUT2D eigenvalue weighted by molar-refractivity contribution is -0.113. The van der Waals surface area contributed by atoms with Gasteiger partial charge in [-0.25, -0.2) is 4.99 Å². The largest absolute Gasteiger partial charge is 0.323 e. The van der Waals surface area contributed by atoms with Crippen molar-refractivity contribution >= 4 is 11.6 Å². The topological polar surface area (TPSA) is 55.5 Å². The first-order valence-corrected chi connectivity index (χ1v) is 6.43. The van der Waals surface area contributed by atoms with Crippen LogP contribution in [-0.2, 0) is 4.79 Å². The molecule has 0 aromatic heterocycles. The maximum absolute atomic E-state index is 11.4. The van der Waals surface area contributed by atoms with Crippen molar-refractivity contribution < 1.29 is 4.79 Å². The number of aliphatic imine (C=N–C) groups is 1. The molecule has 0 radical (unpaired) electrons. The lowest BCUT2D eigenvalue weighted by Gasteiger charge is -2.52. The molecule has 18 heavy (non-hydrogen) atoms. The van der Waals surface area contributed by atoms with Gasteiger partial charge in [0.25, 0.3) is 5.91 Å². The summed E-state index contributed by atoms with van der Waals surface area (Å²) in [5.41, 5.74) is 8.62. The zero-order valence-electron chi connectivity index (χ0n) is 10.6. The number of rotatable bonds is 1. The van der Waals surface area contributed by atoms with E-state index in [0.717, 1.165) is 18.6 Å². The number of nitrogens with zero attached hydrogens (tertiary/aromatic N) is 1. The monoisotopic (exact) mass is 242 g/mol. The van der Waals surface area contributed by atoms with Crippen molar-refractivity contribution in [3.63, 3.8) is 0 Å². The summed E-state index contributed by atoms with van der Waals surface area (Å²) < 4.78 is 0. The molecule has 2 bridgehead atoms. The van der Waals surface area contributed by atoms with Gasteiger partial charge in [0.2, 0.25) is 0 Å². The van der Waals surface area contributed by atoms with E-state index in [-0.39, 0.29) is 23.3 Å². The van der Waals surface area contributed by atoms with Crippen LogP contribution in [0.5, 0.6) is 0 Å². The van der Waals surface area contributed by atoms with Crippen LogP contribution in [0, 0.1) is 17.8 Å². The first-order valence-electron chi connectivity index (χ1n) is 6.43. The average molecular weight is 242 g/mol. The second-order valence-electron chi connectivity index (χ2n) is 5.71. The Hall–Kier alpha value is -1.48. The summed E-state index contributed by atoms with van der Waals surface area (Å²) in [5, 5.41) is 0. The number of hydrogen-bond donors (Lipinski definition) is 1. The quantitative estimate of drug-likeness (QED) is 0.715. The van der Waals surface area contributed by atoms with Gasteiger partial charge in [-0.05, 0) is 25.7 Å². The Bertz CT molecular complexity index is 515. The van der Waals surface area contributed by atoms with Crippen LogP contribution in [0.1, 0.15) is 19.8 Å². The summed E-state index contributed by atoms with van der Waals surface area (Å²) in [6.07, 6.45) is 9.43. The van der Waals surface area contributed by atoms with E-state index in [4.69, 9.17) is 5.73 Å². The Morgan fingerprint density at radius 2 is 2.39 bits per heavy atom.